The number of ketones is 1. The second kappa shape index (κ2) is 11.9. The van der Waals surface area contributed by atoms with E-state index in [9.17, 15) is 30.0 Å². The van der Waals surface area contributed by atoms with Crippen molar-refractivity contribution < 1.29 is 34.8 Å². The Morgan fingerprint density at radius 2 is 1.55 bits per heavy atom. The van der Waals surface area contributed by atoms with Crippen molar-refractivity contribution in [2.24, 2.45) is 0 Å². The topological polar surface area (TPSA) is 148 Å². The second-order valence-electron chi connectivity index (χ2n) is 8.51. The van der Waals surface area contributed by atoms with Crippen LogP contribution < -0.4 is 10.6 Å². The maximum atomic E-state index is 14.0. The Labute approximate surface area is 189 Å². The first kappa shape index (κ1) is 28.3. The first-order chi connectivity index (χ1) is 14.5. The SMILES string of the molecule is CCC(C)(CC)NC(C(=O)C(CC)(CC)NC(CSC)C(=O)O)C1OC(O)C(O)C1O. The summed E-state index contributed by atoms with van der Waals surface area (Å²) in [6, 6.07) is -2.00. The summed E-state index contributed by atoms with van der Waals surface area (Å²) in [7, 11) is 0. The van der Waals surface area contributed by atoms with E-state index in [1.54, 1.807) is 20.1 Å². The van der Waals surface area contributed by atoms with Gasteiger partial charge in [0.1, 0.15) is 24.4 Å². The smallest absolute Gasteiger partial charge is 0.321 e. The van der Waals surface area contributed by atoms with Gasteiger partial charge >= 0.3 is 5.97 Å². The zero-order chi connectivity index (χ0) is 24.0. The highest BCUT2D eigenvalue weighted by Crippen LogP contribution is 2.30. The lowest BCUT2D eigenvalue weighted by atomic mass is 9.79. The van der Waals surface area contributed by atoms with Crippen molar-refractivity contribution in [3.63, 3.8) is 0 Å². The van der Waals surface area contributed by atoms with Crippen LogP contribution in [0.3, 0.4) is 0 Å². The molecule has 0 bridgehead atoms. The van der Waals surface area contributed by atoms with Crippen LogP contribution in [0.1, 0.15) is 60.3 Å². The maximum Gasteiger partial charge on any atom is 0.321 e. The van der Waals surface area contributed by atoms with Crippen molar-refractivity contribution >= 4 is 23.5 Å². The molecule has 182 valence electrons. The third kappa shape index (κ3) is 6.40. The molecule has 31 heavy (non-hydrogen) atoms. The maximum absolute atomic E-state index is 14.0. The molecular weight excluding hydrogens is 424 g/mol. The molecule has 1 aliphatic heterocycles. The summed E-state index contributed by atoms with van der Waals surface area (Å²) < 4.78 is 5.41. The van der Waals surface area contributed by atoms with Gasteiger partial charge in [0.2, 0.25) is 0 Å². The Bertz CT molecular complexity index is 598. The minimum atomic E-state index is -1.61. The molecule has 1 saturated heterocycles. The van der Waals surface area contributed by atoms with Crippen LogP contribution in [-0.4, -0.2) is 92.0 Å². The molecule has 0 spiro atoms. The lowest BCUT2D eigenvalue weighted by Crippen LogP contribution is -2.67. The summed E-state index contributed by atoms with van der Waals surface area (Å²) in [5.41, 5.74) is -1.67. The Morgan fingerprint density at radius 1 is 1.00 bits per heavy atom. The van der Waals surface area contributed by atoms with Crippen molar-refractivity contribution in [1.82, 2.24) is 10.6 Å². The van der Waals surface area contributed by atoms with E-state index in [1.807, 2.05) is 20.8 Å². The number of hydrogen-bond donors (Lipinski definition) is 6. The van der Waals surface area contributed by atoms with E-state index in [0.717, 1.165) is 0 Å². The summed E-state index contributed by atoms with van der Waals surface area (Å²) in [6.45, 7) is 9.49. The van der Waals surface area contributed by atoms with Crippen LogP contribution in [0.15, 0.2) is 0 Å². The first-order valence-corrected chi connectivity index (χ1v) is 12.4. The van der Waals surface area contributed by atoms with Crippen molar-refractivity contribution in [3.05, 3.63) is 0 Å². The Hall–Kier alpha value is -0.750. The highest BCUT2D eigenvalue weighted by Gasteiger charge is 2.53. The average molecular weight is 465 g/mol. The number of Topliss-reactive ketones (excluding diaryl/α,β-unsaturated/α-hetero) is 1. The Balaban J connectivity index is 3.41. The number of rotatable bonds is 14. The van der Waals surface area contributed by atoms with Gasteiger partial charge in [-0.3, -0.25) is 20.2 Å². The largest absolute Gasteiger partial charge is 0.480 e. The van der Waals surface area contributed by atoms with Crippen molar-refractivity contribution in [1.29, 1.82) is 0 Å². The van der Waals surface area contributed by atoms with E-state index < -0.39 is 53.7 Å². The number of aliphatic carboxylic acids is 1. The lowest BCUT2D eigenvalue weighted by molar-refractivity contribution is -0.148. The van der Waals surface area contributed by atoms with Gasteiger partial charge in [-0.15, -0.1) is 0 Å². The summed E-state index contributed by atoms with van der Waals surface area (Å²) in [5.74, 6) is -1.12. The molecule has 0 aromatic heterocycles. The molecule has 10 heteroatoms. The van der Waals surface area contributed by atoms with Crippen LogP contribution in [0, 0.1) is 0 Å². The van der Waals surface area contributed by atoms with E-state index in [4.69, 9.17) is 4.74 Å². The molecule has 0 radical (unpaired) electrons. The highest BCUT2D eigenvalue weighted by molar-refractivity contribution is 7.98. The zero-order valence-corrected chi connectivity index (χ0v) is 20.2. The number of carboxylic acid groups (broad SMARTS) is 1. The van der Waals surface area contributed by atoms with Gasteiger partial charge in [-0.05, 0) is 38.9 Å². The molecule has 1 fully saturated rings. The zero-order valence-electron chi connectivity index (χ0n) is 19.4. The van der Waals surface area contributed by atoms with Crippen molar-refractivity contribution in [2.75, 3.05) is 12.0 Å². The van der Waals surface area contributed by atoms with Gasteiger partial charge in [0, 0.05) is 11.3 Å². The number of aliphatic hydroxyl groups is 3. The van der Waals surface area contributed by atoms with Crippen LogP contribution in [0.4, 0.5) is 0 Å². The fraction of sp³-hybridized carbons (Fsp3) is 0.905. The first-order valence-electron chi connectivity index (χ1n) is 11.0. The van der Waals surface area contributed by atoms with Crippen LogP contribution in [0.25, 0.3) is 0 Å². The van der Waals surface area contributed by atoms with E-state index in [0.29, 0.717) is 25.7 Å². The minimum absolute atomic E-state index is 0.282. The summed E-state index contributed by atoms with van der Waals surface area (Å²) in [6.07, 6.45) is -1.99. The van der Waals surface area contributed by atoms with E-state index in [2.05, 4.69) is 10.6 Å². The minimum Gasteiger partial charge on any atom is -0.480 e. The number of thioether (sulfide) groups is 1. The molecule has 0 saturated carbocycles. The summed E-state index contributed by atoms with van der Waals surface area (Å²) in [5, 5.41) is 46.4. The van der Waals surface area contributed by atoms with Gasteiger partial charge in [0.05, 0.1) is 11.6 Å². The standard InChI is InChI=1S/C21H40N2O7S/c1-7-20(5,8-2)23-13(16-14(24)15(25)19(29)30-16)17(26)21(9-3,10-4)22-12(11-31-6)18(27)28/h12-16,19,22-25,29H,7-11H2,1-6H3,(H,27,28). The quantitative estimate of drug-likeness (QED) is 0.215. The molecule has 0 aliphatic carbocycles. The average Bonchev–Trinajstić information content (AvgIpc) is 3.01. The van der Waals surface area contributed by atoms with E-state index in [-0.39, 0.29) is 11.5 Å². The second-order valence-corrected chi connectivity index (χ2v) is 9.42. The normalized spacial score (nSPS) is 26.6. The molecule has 6 unspecified atom stereocenters. The number of carboxylic acids is 1. The van der Waals surface area contributed by atoms with Gasteiger partial charge in [0.15, 0.2) is 12.1 Å². The van der Waals surface area contributed by atoms with Gasteiger partial charge in [-0.1, -0.05) is 27.7 Å². The van der Waals surface area contributed by atoms with Crippen molar-refractivity contribution in [3.8, 4) is 0 Å². The summed E-state index contributed by atoms with van der Waals surface area (Å²) in [4.78, 5) is 25.7. The predicted molar refractivity (Wildman–Crippen MR) is 120 cm³/mol. The number of ether oxygens (including phenoxy) is 1. The van der Waals surface area contributed by atoms with Crippen LogP contribution >= 0.6 is 11.8 Å². The Morgan fingerprint density at radius 3 is 1.90 bits per heavy atom. The molecule has 1 rings (SSSR count). The number of carbonyl (C=O) groups is 2. The molecular formula is C21H40N2O7S. The van der Waals surface area contributed by atoms with Gasteiger partial charge < -0.3 is 25.2 Å². The van der Waals surface area contributed by atoms with Gasteiger partial charge in [-0.25, -0.2) is 0 Å². The molecule has 6 N–H and O–H groups in total. The molecule has 0 amide bonds. The van der Waals surface area contributed by atoms with Crippen LogP contribution in [-0.2, 0) is 14.3 Å². The van der Waals surface area contributed by atoms with Crippen LogP contribution in [0.2, 0.25) is 0 Å². The number of nitrogens with one attached hydrogen (secondary N) is 2. The molecule has 9 nitrogen and oxygen atoms in total. The molecule has 1 aliphatic rings. The molecule has 0 aromatic carbocycles. The number of hydrogen-bond acceptors (Lipinski definition) is 9. The fourth-order valence-electron chi connectivity index (χ4n) is 3.93. The third-order valence-electron chi connectivity index (χ3n) is 6.71. The molecule has 0 aromatic rings. The Kier molecular flexibility index (Phi) is 10.9. The number of carbonyl (C=O) groups excluding carboxylic acids is 1. The van der Waals surface area contributed by atoms with Gasteiger partial charge in [-0.2, -0.15) is 11.8 Å². The monoisotopic (exact) mass is 464 g/mol. The number of aliphatic hydroxyl groups excluding tert-OH is 3. The van der Waals surface area contributed by atoms with Gasteiger partial charge in [0.25, 0.3) is 0 Å². The van der Waals surface area contributed by atoms with E-state index in [1.165, 1.54) is 11.8 Å². The van der Waals surface area contributed by atoms with Crippen LogP contribution in [0.5, 0.6) is 0 Å². The molecule has 6 atom stereocenters. The third-order valence-corrected chi connectivity index (χ3v) is 7.38. The lowest BCUT2D eigenvalue weighted by Gasteiger charge is -2.42. The predicted octanol–water partition coefficient (Wildman–Crippen LogP) is 0.496. The fourth-order valence-corrected chi connectivity index (χ4v) is 4.49. The highest BCUT2D eigenvalue weighted by atomic mass is 32.2. The van der Waals surface area contributed by atoms with E-state index >= 15 is 0 Å². The summed E-state index contributed by atoms with van der Waals surface area (Å²) >= 11 is 1.36. The van der Waals surface area contributed by atoms with Crippen molar-refractivity contribution in [2.45, 2.75) is 108 Å². The molecule has 1 heterocycles.